The van der Waals surface area contributed by atoms with Crippen molar-refractivity contribution in [1.29, 1.82) is 0 Å². The number of hydrogen-bond donors (Lipinski definition) is 1. The van der Waals surface area contributed by atoms with Gasteiger partial charge in [-0.05, 0) is 30.2 Å². The van der Waals surface area contributed by atoms with Crippen LogP contribution in [0.25, 0.3) is 10.8 Å². The Labute approximate surface area is 123 Å². The number of ether oxygens (including phenoxy) is 1. The largest absolute Gasteiger partial charge is 0.493 e. The zero-order valence-corrected chi connectivity index (χ0v) is 11.9. The molecule has 1 amide bonds. The van der Waals surface area contributed by atoms with Crippen LogP contribution in [0.1, 0.15) is 12.8 Å². The van der Waals surface area contributed by atoms with Gasteiger partial charge < -0.3 is 14.7 Å². The van der Waals surface area contributed by atoms with Gasteiger partial charge in [-0.2, -0.15) is 0 Å². The van der Waals surface area contributed by atoms with E-state index in [4.69, 9.17) is 9.84 Å². The van der Waals surface area contributed by atoms with Crippen LogP contribution in [0.15, 0.2) is 42.5 Å². The Hall–Kier alpha value is -2.23. The first-order valence-electron chi connectivity index (χ1n) is 7.32. The zero-order valence-electron chi connectivity index (χ0n) is 11.9. The highest BCUT2D eigenvalue weighted by Gasteiger charge is 2.22. The molecule has 0 bridgehead atoms. The third kappa shape index (κ3) is 3.10. The van der Waals surface area contributed by atoms with E-state index in [0.29, 0.717) is 25.6 Å². The van der Waals surface area contributed by atoms with Gasteiger partial charge >= 0.3 is 6.09 Å². The maximum atomic E-state index is 10.9. The van der Waals surface area contributed by atoms with Crippen molar-refractivity contribution in [2.75, 3.05) is 19.7 Å². The molecule has 4 heteroatoms. The van der Waals surface area contributed by atoms with Crippen LogP contribution < -0.4 is 4.74 Å². The zero-order chi connectivity index (χ0) is 14.7. The van der Waals surface area contributed by atoms with Crippen LogP contribution >= 0.6 is 0 Å². The Morgan fingerprint density at radius 3 is 2.62 bits per heavy atom. The number of benzene rings is 2. The predicted octanol–water partition coefficient (Wildman–Crippen LogP) is 3.61. The van der Waals surface area contributed by atoms with E-state index >= 15 is 0 Å². The molecule has 1 saturated heterocycles. The van der Waals surface area contributed by atoms with Gasteiger partial charge in [0.15, 0.2) is 0 Å². The fourth-order valence-corrected chi connectivity index (χ4v) is 2.82. The number of fused-ring (bicyclic) bond motifs is 1. The van der Waals surface area contributed by atoms with E-state index in [1.165, 1.54) is 10.3 Å². The van der Waals surface area contributed by atoms with Crippen LogP contribution in [0.5, 0.6) is 5.75 Å². The topological polar surface area (TPSA) is 49.8 Å². The molecule has 1 aliphatic heterocycles. The SMILES string of the molecule is O=C(O)N1CCC(COc2cccc3ccccc23)CC1. The van der Waals surface area contributed by atoms with Gasteiger partial charge in [0.05, 0.1) is 6.61 Å². The lowest BCUT2D eigenvalue weighted by atomic mass is 9.98. The number of nitrogens with zero attached hydrogens (tertiary/aromatic N) is 1. The van der Waals surface area contributed by atoms with Gasteiger partial charge in [-0.3, -0.25) is 0 Å². The fourth-order valence-electron chi connectivity index (χ4n) is 2.82. The second kappa shape index (κ2) is 6.04. The quantitative estimate of drug-likeness (QED) is 0.937. The van der Waals surface area contributed by atoms with E-state index in [1.54, 1.807) is 0 Å². The Morgan fingerprint density at radius 2 is 1.86 bits per heavy atom. The van der Waals surface area contributed by atoms with E-state index in [9.17, 15) is 4.79 Å². The number of carboxylic acid groups (broad SMARTS) is 1. The van der Waals surface area contributed by atoms with Gasteiger partial charge in [0.1, 0.15) is 5.75 Å². The van der Waals surface area contributed by atoms with Crippen molar-refractivity contribution >= 4 is 16.9 Å². The molecule has 4 nitrogen and oxygen atoms in total. The number of piperidine rings is 1. The Balaban J connectivity index is 1.61. The lowest BCUT2D eigenvalue weighted by molar-refractivity contribution is 0.112. The summed E-state index contributed by atoms with van der Waals surface area (Å²) in [6.07, 6.45) is 0.928. The molecule has 0 radical (unpaired) electrons. The number of rotatable bonds is 3. The molecule has 3 rings (SSSR count). The highest BCUT2D eigenvalue weighted by atomic mass is 16.5. The molecule has 1 N–H and O–H groups in total. The molecule has 0 atom stereocenters. The van der Waals surface area contributed by atoms with E-state index in [1.807, 2.05) is 24.3 Å². The minimum absolute atomic E-state index is 0.430. The minimum Gasteiger partial charge on any atom is -0.493 e. The van der Waals surface area contributed by atoms with Crippen molar-refractivity contribution in [3.05, 3.63) is 42.5 Å². The maximum absolute atomic E-state index is 10.9. The first kappa shape index (κ1) is 13.7. The molecule has 2 aromatic rings. The van der Waals surface area contributed by atoms with E-state index < -0.39 is 6.09 Å². The smallest absolute Gasteiger partial charge is 0.407 e. The minimum atomic E-state index is -0.816. The molecular formula is C17H19NO3. The Bertz CT molecular complexity index is 627. The molecule has 110 valence electrons. The van der Waals surface area contributed by atoms with Gasteiger partial charge in [0, 0.05) is 18.5 Å². The summed E-state index contributed by atoms with van der Waals surface area (Å²) in [4.78, 5) is 12.4. The Kier molecular flexibility index (Phi) is 3.95. The number of carbonyl (C=O) groups is 1. The molecule has 1 fully saturated rings. The van der Waals surface area contributed by atoms with Crippen molar-refractivity contribution in [3.8, 4) is 5.75 Å². The summed E-state index contributed by atoms with van der Waals surface area (Å²) in [6, 6.07) is 14.3. The van der Waals surface area contributed by atoms with E-state index in [-0.39, 0.29) is 0 Å². The summed E-state index contributed by atoms with van der Waals surface area (Å²) in [5.74, 6) is 1.34. The normalized spacial score (nSPS) is 16.1. The number of hydrogen-bond acceptors (Lipinski definition) is 2. The predicted molar refractivity (Wildman–Crippen MR) is 81.8 cm³/mol. The summed E-state index contributed by atoms with van der Waals surface area (Å²) >= 11 is 0. The van der Waals surface area contributed by atoms with Crippen LogP contribution in [-0.2, 0) is 0 Å². The maximum Gasteiger partial charge on any atom is 0.407 e. The molecular weight excluding hydrogens is 266 g/mol. The summed E-state index contributed by atoms with van der Waals surface area (Å²) < 4.78 is 5.99. The molecule has 1 heterocycles. The van der Waals surface area contributed by atoms with E-state index in [2.05, 4.69) is 18.2 Å². The highest BCUT2D eigenvalue weighted by molar-refractivity contribution is 5.88. The van der Waals surface area contributed by atoms with Crippen molar-refractivity contribution in [3.63, 3.8) is 0 Å². The first-order valence-corrected chi connectivity index (χ1v) is 7.32. The van der Waals surface area contributed by atoms with Gasteiger partial charge in [-0.1, -0.05) is 36.4 Å². The average Bonchev–Trinajstić information content (AvgIpc) is 2.53. The molecule has 0 aliphatic carbocycles. The fraction of sp³-hybridized carbons (Fsp3) is 0.353. The number of amides is 1. The van der Waals surface area contributed by atoms with Crippen LogP contribution in [0.2, 0.25) is 0 Å². The lowest BCUT2D eigenvalue weighted by Gasteiger charge is -2.29. The molecule has 0 unspecified atom stereocenters. The molecule has 0 aromatic heterocycles. The summed E-state index contributed by atoms with van der Waals surface area (Å²) in [7, 11) is 0. The van der Waals surface area contributed by atoms with Crippen LogP contribution in [0, 0.1) is 5.92 Å². The third-order valence-corrected chi connectivity index (χ3v) is 4.11. The van der Waals surface area contributed by atoms with Crippen molar-refractivity contribution < 1.29 is 14.6 Å². The van der Waals surface area contributed by atoms with Crippen LogP contribution in [0.3, 0.4) is 0 Å². The van der Waals surface area contributed by atoms with Gasteiger partial charge in [0.25, 0.3) is 0 Å². The van der Waals surface area contributed by atoms with Crippen LogP contribution in [-0.4, -0.2) is 35.8 Å². The standard InChI is InChI=1S/C17H19NO3/c19-17(20)18-10-8-13(9-11-18)12-21-16-7-3-5-14-4-1-2-6-15(14)16/h1-7,13H,8-12H2,(H,19,20). The van der Waals surface area contributed by atoms with Gasteiger partial charge in [-0.25, -0.2) is 4.79 Å². The molecule has 21 heavy (non-hydrogen) atoms. The first-order chi connectivity index (χ1) is 10.2. The monoisotopic (exact) mass is 285 g/mol. The van der Waals surface area contributed by atoms with Gasteiger partial charge in [-0.15, -0.1) is 0 Å². The number of likely N-dealkylation sites (tertiary alicyclic amines) is 1. The molecule has 1 aliphatic rings. The molecule has 0 spiro atoms. The summed E-state index contributed by atoms with van der Waals surface area (Å²) in [6.45, 7) is 1.87. The third-order valence-electron chi connectivity index (χ3n) is 4.11. The lowest BCUT2D eigenvalue weighted by Crippen LogP contribution is -2.38. The summed E-state index contributed by atoms with van der Waals surface area (Å²) in [5, 5.41) is 11.2. The highest BCUT2D eigenvalue weighted by Crippen LogP contribution is 2.26. The summed E-state index contributed by atoms with van der Waals surface area (Å²) in [5.41, 5.74) is 0. The van der Waals surface area contributed by atoms with Crippen molar-refractivity contribution in [1.82, 2.24) is 4.90 Å². The second-order valence-corrected chi connectivity index (χ2v) is 5.50. The second-order valence-electron chi connectivity index (χ2n) is 5.50. The van der Waals surface area contributed by atoms with E-state index in [0.717, 1.165) is 24.0 Å². The average molecular weight is 285 g/mol. The van der Waals surface area contributed by atoms with Crippen molar-refractivity contribution in [2.45, 2.75) is 12.8 Å². The molecule has 0 saturated carbocycles. The van der Waals surface area contributed by atoms with Crippen molar-refractivity contribution in [2.24, 2.45) is 5.92 Å². The van der Waals surface area contributed by atoms with Crippen LogP contribution in [0.4, 0.5) is 4.79 Å². The molecule has 2 aromatic carbocycles. The Morgan fingerprint density at radius 1 is 1.14 bits per heavy atom. The van der Waals surface area contributed by atoms with Gasteiger partial charge in [0.2, 0.25) is 0 Å².